The highest BCUT2D eigenvalue weighted by atomic mass is 16.1. The molecule has 0 unspecified atom stereocenters. The van der Waals surface area contributed by atoms with Crippen LogP contribution in [-0.4, -0.2) is 36.0 Å². The molecule has 4 aromatic heterocycles. The van der Waals surface area contributed by atoms with Gasteiger partial charge >= 0.3 is 0 Å². The van der Waals surface area contributed by atoms with E-state index in [1.165, 1.54) is 10.5 Å². The normalized spacial score (nSPS) is 11.7. The zero-order valence-corrected chi connectivity index (χ0v) is 14.1. The smallest absolute Gasteiger partial charge is 0.259 e. The van der Waals surface area contributed by atoms with Gasteiger partial charge in [-0.15, -0.1) is 0 Å². The summed E-state index contributed by atoms with van der Waals surface area (Å²) in [6.45, 7) is 4.03. The summed E-state index contributed by atoms with van der Waals surface area (Å²) in [5.74, 6) is 1.26. The highest BCUT2D eigenvalue weighted by Gasteiger charge is 2.18. The molecule has 25 heavy (non-hydrogen) atoms. The Morgan fingerprint density at radius 2 is 2.12 bits per heavy atom. The summed E-state index contributed by atoms with van der Waals surface area (Å²) in [4.78, 5) is 28.8. The SMILES string of the molecule is CNc1c[nH]c2c(N)nc(-c3cc(=O)n4ccnc4n3C(C)C)nc12. The van der Waals surface area contributed by atoms with Gasteiger partial charge in [0.25, 0.3) is 5.56 Å². The van der Waals surface area contributed by atoms with Crippen molar-refractivity contribution in [3.63, 3.8) is 0 Å². The molecule has 0 aromatic carbocycles. The van der Waals surface area contributed by atoms with E-state index in [1.54, 1.807) is 25.6 Å². The zero-order chi connectivity index (χ0) is 17.7. The van der Waals surface area contributed by atoms with Gasteiger partial charge in [-0.1, -0.05) is 0 Å². The lowest BCUT2D eigenvalue weighted by Crippen LogP contribution is -2.20. The number of nitrogens with two attached hydrogens (primary N) is 1. The number of fused-ring (bicyclic) bond motifs is 2. The molecule has 4 rings (SSSR count). The van der Waals surface area contributed by atoms with Crippen LogP contribution in [0.2, 0.25) is 0 Å². The van der Waals surface area contributed by atoms with Crippen LogP contribution in [0.25, 0.3) is 28.3 Å². The van der Waals surface area contributed by atoms with Crippen molar-refractivity contribution in [3.8, 4) is 11.5 Å². The number of nitrogen functional groups attached to an aromatic ring is 1. The number of nitrogens with one attached hydrogen (secondary N) is 2. The first-order valence-electron chi connectivity index (χ1n) is 7.92. The molecule has 128 valence electrons. The summed E-state index contributed by atoms with van der Waals surface area (Å²) in [5, 5.41) is 3.07. The molecular formula is C16H18N8O. The maximum absolute atomic E-state index is 12.4. The van der Waals surface area contributed by atoms with Crippen LogP contribution in [0, 0.1) is 0 Å². The average Bonchev–Trinajstić information content (AvgIpc) is 3.20. The van der Waals surface area contributed by atoms with Crippen molar-refractivity contribution in [2.75, 3.05) is 18.1 Å². The van der Waals surface area contributed by atoms with E-state index in [0.717, 1.165) is 5.69 Å². The van der Waals surface area contributed by atoms with Crippen LogP contribution in [0.4, 0.5) is 11.5 Å². The molecule has 0 aliphatic rings. The Labute approximate surface area is 142 Å². The predicted octanol–water partition coefficient (Wildman–Crippen LogP) is 1.64. The molecule has 0 atom stereocenters. The van der Waals surface area contributed by atoms with E-state index < -0.39 is 0 Å². The van der Waals surface area contributed by atoms with Crippen molar-refractivity contribution >= 4 is 28.3 Å². The second-order valence-corrected chi connectivity index (χ2v) is 6.04. The predicted molar refractivity (Wildman–Crippen MR) is 96.7 cm³/mol. The van der Waals surface area contributed by atoms with Crippen molar-refractivity contribution in [2.24, 2.45) is 0 Å². The highest BCUT2D eigenvalue weighted by Crippen LogP contribution is 2.28. The monoisotopic (exact) mass is 338 g/mol. The molecule has 9 nitrogen and oxygen atoms in total. The van der Waals surface area contributed by atoms with Gasteiger partial charge in [0.1, 0.15) is 11.0 Å². The van der Waals surface area contributed by atoms with E-state index in [4.69, 9.17) is 5.73 Å². The number of aromatic amines is 1. The van der Waals surface area contributed by atoms with Crippen LogP contribution < -0.4 is 16.6 Å². The Morgan fingerprint density at radius 1 is 1.32 bits per heavy atom. The molecule has 0 radical (unpaired) electrons. The lowest BCUT2D eigenvalue weighted by Gasteiger charge is -2.17. The second kappa shape index (κ2) is 5.33. The van der Waals surface area contributed by atoms with E-state index in [-0.39, 0.29) is 11.6 Å². The average molecular weight is 338 g/mol. The van der Waals surface area contributed by atoms with Crippen LogP contribution in [0.5, 0.6) is 0 Å². The Morgan fingerprint density at radius 3 is 2.84 bits per heavy atom. The summed E-state index contributed by atoms with van der Waals surface area (Å²) < 4.78 is 3.43. The van der Waals surface area contributed by atoms with Crippen molar-refractivity contribution in [3.05, 3.63) is 35.0 Å². The van der Waals surface area contributed by atoms with Gasteiger partial charge in [0, 0.05) is 37.7 Å². The van der Waals surface area contributed by atoms with E-state index in [2.05, 4.69) is 25.3 Å². The van der Waals surface area contributed by atoms with Gasteiger partial charge in [-0.2, -0.15) is 0 Å². The first kappa shape index (κ1) is 15.2. The van der Waals surface area contributed by atoms with Gasteiger partial charge in [0.2, 0.25) is 5.78 Å². The number of nitrogens with zero attached hydrogens (tertiary/aromatic N) is 5. The van der Waals surface area contributed by atoms with Gasteiger partial charge in [-0.25, -0.2) is 15.0 Å². The van der Waals surface area contributed by atoms with Crippen molar-refractivity contribution in [1.82, 2.24) is 28.9 Å². The Hall–Kier alpha value is -3.36. The molecule has 0 aliphatic heterocycles. The van der Waals surface area contributed by atoms with Crippen molar-refractivity contribution < 1.29 is 0 Å². The number of imidazole rings is 1. The van der Waals surface area contributed by atoms with Crippen molar-refractivity contribution in [2.45, 2.75) is 19.9 Å². The van der Waals surface area contributed by atoms with Gasteiger partial charge < -0.3 is 20.6 Å². The lowest BCUT2D eigenvalue weighted by molar-refractivity contribution is 0.603. The molecule has 0 aliphatic carbocycles. The second-order valence-electron chi connectivity index (χ2n) is 6.04. The fourth-order valence-electron chi connectivity index (χ4n) is 3.02. The Kier molecular flexibility index (Phi) is 3.24. The molecule has 4 N–H and O–H groups in total. The fourth-order valence-corrected chi connectivity index (χ4v) is 3.02. The van der Waals surface area contributed by atoms with E-state index >= 15 is 0 Å². The molecule has 4 heterocycles. The Bertz CT molecular complexity index is 1150. The minimum absolute atomic E-state index is 0.0519. The lowest BCUT2D eigenvalue weighted by atomic mass is 10.2. The van der Waals surface area contributed by atoms with Crippen LogP contribution >= 0.6 is 0 Å². The molecule has 0 spiro atoms. The summed E-state index contributed by atoms with van der Waals surface area (Å²) >= 11 is 0. The zero-order valence-electron chi connectivity index (χ0n) is 14.1. The number of H-pyrrole nitrogens is 1. The summed E-state index contributed by atoms with van der Waals surface area (Å²) in [5.41, 5.74) is 8.64. The molecule has 4 aromatic rings. The molecule has 0 saturated carbocycles. The highest BCUT2D eigenvalue weighted by molar-refractivity contribution is 5.95. The quantitative estimate of drug-likeness (QED) is 0.522. The number of aromatic nitrogens is 6. The van der Waals surface area contributed by atoms with Crippen LogP contribution in [0.15, 0.2) is 29.5 Å². The van der Waals surface area contributed by atoms with Gasteiger partial charge in [-0.05, 0) is 13.8 Å². The largest absolute Gasteiger partial charge is 0.385 e. The Balaban J connectivity index is 2.09. The molecular weight excluding hydrogens is 320 g/mol. The summed E-state index contributed by atoms with van der Waals surface area (Å²) in [7, 11) is 1.81. The molecule has 0 bridgehead atoms. The topological polar surface area (TPSA) is 119 Å². The number of hydrogen-bond acceptors (Lipinski definition) is 6. The molecule has 0 amide bonds. The van der Waals surface area contributed by atoms with Crippen LogP contribution in [0.1, 0.15) is 19.9 Å². The third-order valence-corrected chi connectivity index (χ3v) is 4.16. The molecule has 0 fully saturated rings. The van der Waals surface area contributed by atoms with Crippen LogP contribution in [-0.2, 0) is 0 Å². The number of hydrogen-bond donors (Lipinski definition) is 3. The number of anilines is 2. The molecule has 0 saturated heterocycles. The van der Waals surface area contributed by atoms with E-state index in [9.17, 15) is 4.79 Å². The van der Waals surface area contributed by atoms with Crippen molar-refractivity contribution in [1.29, 1.82) is 0 Å². The standard InChI is InChI=1S/C16H18N8O/c1-8(2)24-10(6-11(25)23-5-4-19-16(23)24)15-21-12-9(18-3)7-20-13(12)14(17)22-15/h4-8,18,20H,1-3H3,(H2,17,21,22). The minimum atomic E-state index is -0.190. The third kappa shape index (κ3) is 2.16. The fraction of sp³-hybridized carbons (Fsp3) is 0.250. The van der Waals surface area contributed by atoms with E-state index in [1.807, 2.05) is 18.4 Å². The first-order chi connectivity index (χ1) is 12.0. The maximum atomic E-state index is 12.4. The molecule has 9 heteroatoms. The third-order valence-electron chi connectivity index (χ3n) is 4.16. The summed E-state index contributed by atoms with van der Waals surface area (Å²) in [6.07, 6.45) is 5.03. The number of rotatable bonds is 3. The van der Waals surface area contributed by atoms with Gasteiger partial charge in [0.05, 0.1) is 11.4 Å². The van der Waals surface area contributed by atoms with Gasteiger partial charge in [-0.3, -0.25) is 9.20 Å². The summed E-state index contributed by atoms with van der Waals surface area (Å²) in [6, 6.07) is 1.57. The minimum Gasteiger partial charge on any atom is -0.385 e. The van der Waals surface area contributed by atoms with Crippen LogP contribution in [0.3, 0.4) is 0 Å². The van der Waals surface area contributed by atoms with Gasteiger partial charge in [0.15, 0.2) is 11.6 Å². The maximum Gasteiger partial charge on any atom is 0.259 e. The first-order valence-corrected chi connectivity index (χ1v) is 7.92. The van der Waals surface area contributed by atoms with E-state index in [0.29, 0.717) is 34.1 Å².